The van der Waals surface area contributed by atoms with Gasteiger partial charge in [-0.15, -0.1) is 0 Å². The van der Waals surface area contributed by atoms with Gasteiger partial charge in [0.15, 0.2) is 11.6 Å². The average molecular weight is 256 g/mol. The summed E-state index contributed by atoms with van der Waals surface area (Å²) in [6.45, 7) is 0. The highest BCUT2D eigenvalue weighted by Gasteiger charge is 2.11. The standard InChI is InChI=1S/C13H17FO4/c1-18-12-7-6-9(8-10(12)14)11(15)4-2-3-5-13(16)17/h6-8,11,15H,2-5H2,1H3,(H,16,17). The van der Waals surface area contributed by atoms with Crippen molar-refractivity contribution in [2.24, 2.45) is 0 Å². The van der Waals surface area contributed by atoms with Gasteiger partial charge in [0.1, 0.15) is 0 Å². The number of unbranched alkanes of at least 4 members (excludes halogenated alkanes) is 1. The lowest BCUT2D eigenvalue weighted by molar-refractivity contribution is -0.137. The molecule has 1 unspecified atom stereocenters. The fourth-order valence-corrected chi connectivity index (χ4v) is 1.67. The van der Waals surface area contributed by atoms with Crippen LogP contribution in [0.5, 0.6) is 5.75 Å². The molecule has 1 aromatic rings. The summed E-state index contributed by atoms with van der Waals surface area (Å²) in [6.07, 6.45) is 0.814. The lowest BCUT2D eigenvalue weighted by Crippen LogP contribution is -2.00. The molecule has 1 atom stereocenters. The smallest absolute Gasteiger partial charge is 0.303 e. The minimum Gasteiger partial charge on any atom is -0.494 e. The maximum absolute atomic E-state index is 13.4. The Labute approximate surface area is 105 Å². The number of hydrogen-bond donors (Lipinski definition) is 2. The van der Waals surface area contributed by atoms with Crippen molar-refractivity contribution in [2.75, 3.05) is 7.11 Å². The van der Waals surface area contributed by atoms with E-state index in [2.05, 4.69) is 0 Å². The second kappa shape index (κ2) is 6.96. The second-order valence-electron chi connectivity index (χ2n) is 4.05. The van der Waals surface area contributed by atoms with Crippen molar-refractivity contribution >= 4 is 5.97 Å². The Morgan fingerprint density at radius 1 is 1.44 bits per heavy atom. The number of benzene rings is 1. The van der Waals surface area contributed by atoms with Gasteiger partial charge in [-0.1, -0.05) is 6.07 Å². The quantitative estimate of drug-likeness (QED) is 0.736. The first kappa shape index (κ1) is 14.4. The van der Waals surface area contributed by atoms with Crippen molar-refractivity contribution < 1.29 is 24.1 Å². The van der Waals surface area contributed by atoms with Gasteiger partial charge >= 0.3 is 5.97 Å². The third-order valence-corrected chi connectivity index (χ3v) is 2.68. The third kappa shape index (κ3) is 4.33. The number of halogens is 1. The van der Waals surface area contributed by atoms with Crippen LogP contribution in [0.15, 0.2) is 18.2 Å². The molecule has 18 heavy (non-hydrogen) atoms. The lowest BCUT2D eigenvalue weighted by atomic mass is 10.0. The topological polar surface area (TPSA) is 66.8 Å². The molecule has 1 aromatic carbocycles. The van der Waals surface area contributed by atoms with Gasteiger partial charge in [-0.2, -0.15) is 0 Å². The van der Waals surface area contributed by atoms with Crippen molar-refractivity contribution in [1.82, 2.24) is 0 Å². The summed E-state index contributed by atoms with van der Waals surface area (Å²) in [4.78, 5) is 10.3. The number of rotatable bonds is 7. The number of carboxylic acid groups (broad SMARTS) is 1. The zero-order valence-corrected chi connectivity index (χ0v) is 10.2. The summed E-state index contributed by atoms with van der Waals surface area (Å²) in [5.41, 5.74) is 0.476. The molecule has 0 saturated heterocycles. The Bertz CT molecular complexity index is 406. The van der Waals surface area contributed by atoms with Crippen molar-refractivity contribution in [2.45, 2.75) is 31.8 Å². The van der Waals surface area contributed by atoms with Crippen LogP contribution in [0.2, 0.25) is 0 Å². The van der Waals surface area contributed by atoms with E-state index < -0.39 is 17.9 Å². The van der Waals surface area contributed by atoms with Crippen molar-refractivity contribution in [3.05, 3.63) is 29.6 Å². The van der Waals surface area contributed by atoms with Crippen LogP contribution in [-0.4, -0.2) is 23.3 Å². The van der Waals surface area contributed by atoms with E-state index >= 15 is 0 Å². The highest BCUT2D eigenvalue weighted by molar-refractivity contribution is 5.66. The van der Waals surface area contributed by atoms with Gasteiger partial charge in [-0.05, 0) is 37.0 Å². The molecular weight excluding hydrogens is 239 g/mol. The van der Waals surface area contributed by atoms with Gasteiger partial charge in [0, 0.05) is 6.42 Å². The monoisotopic (exact) mass is 256 g/mol. The van der Waals surface area contributed by atoms with Crippen molar-refractivity contribution in [3.63, 3.8) is 0 Å². The van der Waals surface area contributed by atoms with Crippen molar-refractivity contribution in [1.29, 1.82) is 0 Å². The van der Waals surface area contributed by atoms with Gasteiger partial charge in [-0.25, -0.2) is 4.39 Å². The minimum absolute atomic E-state index is 0.0870. The van der Waals surface area contributed by atoms with Gasteiger partial charge in [-0.3, -0.25) is 4.79 Å². The zero-order chi connectivity index (χ0) is 13.5. The molecule has 0 fully saturated rings. The molecule has 2 N–H and O–H groups in total. The zero-order valence-electron chi connectivity index (χ0n) is 10.2. The maximum Gasteiger partial charge on any atom is 0.303 e. The fourth-order valence-electron chi connectivity index (χ4n) is 1.67. The van der Waals surface area contributed by atoms with Crippen LogP contribution in [0.3, 0.4) is 0 Å². The number of methoxy groups -OCH3 is 1. The Hall–Kier alpha value is -1.62. The minimum atomic E-state index is -0.847. The largest absolute Gasteiger partial charge is 0.494 e. The van der Waals surface area contributed by atoms with E-state index in [4.69, 9.17) is 9.84 Å². The van der Waals surface area contributed by atoms with Gasteiger partial charge in [0.25, 0.3) is 0 Å². The summed E-state index contributed by atoms with van der Waals surface area (Å²) >= 11 is 0. The molecule has 5 heteroatoms. The molecule has 0 radical (unpaired) electrons. The highest BCUT2D eigenvalue weighted by Crippen LogP contribution is 2.24. The molecule has 0 bridgehead atoms. The van der Waals surface area contributed by atoms with Crippen molar-refractivity contribution in [3.8, 4) is 5.75 Å². The molecule has 0 aliphatic carbocycles. The first-order valence-corrected chi connectivity index (χ1v) is 5.78. The van der Waals surface area contributed by atoms with E-state index in [0.717, 1.165) is 0 Å². The highest BCUT2D eigenvalue weighted by atomic mass is 19.1. The van der Waals surface area contributed by atoms with Crippen LogP contribution < -0.4 is 4.74 Å². The Morgan fingerprint density at radius 3 is 2.72 bits per heavy atom. The normalized spacial score (nSPS) is 12.2. The predicted octanol–water partition coefficient (Wildman–Crippen LogP) is 2.51. The number of carbonyl (C=O) groups is 1. The molecular formula is C13H17FO4. The lowest BCUT2D eigenvalue weighted by Gasteiger charge is -2.11. The van der Waals surface area contributed by atoms with Crippen LogP contribution >= 0.6 is 0 Å². The fraction of sp³-hybridized carbons (Fsp3) is 0.462. The van der Waals surface area contributed by atoms with E-state index in [1.807, 2.05) is 0 Å². The van der Waals surface area contributed by atoms with Crippen LogP contribution in [0.4, 0.5) is 4.39 Å². The molecule has 0 aliphatic rings. The number of ether oxygens (including phenoxy) is 1. The summed E-state index contributed by atoms with van der Waals surface area (Å²) in [5.74, 6) is -1.23. The average Bonchev–Trinajstić information content (AvgIpc) is 2.34. The second-order valence-corrected chi connectivity index (χ2v) is 4.05. The first-order valence-electron chi connectivity index (χ1n) is 5.78. The van der Waals surface area contributed by atoms with E-state index in [0.29, 0.717) is 24.8 Å². The SMILES string of the molecule is COc1ccc(C(O)CCCCC(=O)O)cc1F. The van der Waals surface area contributed by atoms with Crippen LogP contribution in [0.25, 0.3) is 0 Å². The third-order valence-electron chi connectivity index (χ3n) is 2.68. The van der Waals surface area contributed by atoms with Crippen LogP contribution in [0, 0.1) is 5.82 Å². The van der Waals surface area contributed by atoms with Gasteiger partial charge in [0.05, 0.1) is 13.2 Å². The molecule has 0 spiro atoms. The molecule has 0 amide bonds. The molecule has 4 nitrogen and oxygen atoms in total. The number of aliphatic carboxylic acids is 1. The molecule has 0 saturated carbocycles. The number of hydrogen-bond acceptors (Lipinski definition) is 3. The van der Waals surface area contributed by atoms with Crippen LogP contribution in [0.1, 0.15) is 37.4 Å². The predicted molar refractivity (Wildman–Crippen MR) is 64.0 cm³/mol. The Morgan fingerprint density at radius 2 is 2.17 bits per heavy atom. The number of aliphatic hydroxyl groups is 1. The molecule has 100 valence electrons. The molecule has 0 aliphatic heterocycles. The number of aliphatic hydroxyl groups excluding tert-OH is 1. The summed E-state index contributed by atoms with van der Waals surface area (Å²) in [7, 11) is 1.38. The summed E-state index contributed by atoms with van der Waals surface area (Å²) in [6, 6.07) is 4.30. The maximum atomic E-state index is 13.4. The van der Waals surface area contributed by atoms with Gasteiger partial charge < -0.3 is 14.9 Å². The molecule has 1 rings (SSSR count). The van der Waals surface area contributed by atoms with E-state index in [9.17, 15) is 14.3 Å². The summed E-state index contributed by atoms with van der Waals surface area (Å²) in [5, 5.41) is 18.3. The van der Waals surface area contributed by atoms with Gasteiger partial charge in [0.2, 0.25) is 0 Å². The Kier molecular flexibility index (Phi) is 5.58. The Balaban J connectivity index is 2.48. The van der Waals surface area contributed by atoms with E-state index in [1.165, 1.54) is 19.2 Å². The first-order chi connectivity index (χ1) is 8.54. The van der Waals surface area contributed by atoms with E-state index in [-0.39, 0.29) is 12.2 Å². The van der Waals surface area contributed by atoms with Crippen LogP contribution in [-0.2, 0) is 4.79 Å². The van der Waals surface area contributed by atoms with E-state index in [1.54, 1.807) is 6.07 Å². The summed E-state index contributed by atoms with van der Waals surface area (Å²) < 4.78 is 18.2. The number of carboxylic acids is 1. The molecule has 0 heterocycles. The molecule has 0 aromatic heterocycles.